The zero-order chi connectivity index (χ0) is 24.4. The summed E-state index contributed by atoms with van der Waals surface area (Å²) in [5.41, 5.74) is 5.30. The molecule has 35 heavy (non-hydrogen) atoms. The van der Waals surface area contributed by atoms with Crippen molar-refractivity contribution in [3.63, 3.8) is 0 Å². The molecule has 0 saturated heterocycles. The average molecular weight is 466 g/mol. The number of imidazole rings is 1. The summed E-state index contributed by atoms with van der Waals surface area (Å²) in [6, 6.07) is 21.6. The number of benzene rings is 3. The first-order valence-electron chi connectivity index (χ1n) is 11.3. The summed E-state index contributed by atoms with van der Waals surface area (Å²) in [5, 5.41) is 17.6. The number of aromatic nitrogens is 2. The van der Waals surface area contributed by atoms with Crippen molar-refractivity contribution in [2.75, 3.05) is 10.6 Å². The summed E-state index contributed by atoms with van der Waals surface area (Å²) in [4.78, 5) is 31.8. The molecule has 0 aliphatic carbocycles. The highest BCUT2D eigenvalue weighted by Crippen LogP contribution is 2.39. The van der Waals surface area contributed by atoms with E-state index >= 15 is 0 Å². The van der Waals surface area contributed by atoms with Crippen molar-refractivity contribution < 1.29 is 9.72 Å². The van der Waals surface area contributed by atoms with E-state index in [1.807, 2.05) is 60.8 Å². The second-order valence-electron chi connectivity index (χ2n) is 8.24. The van der Waals surface area contributed by atoms with Gasteiger partial charge in [-0.2, -0.15) is 0 Å². The normalized spacial score (nSPS) is 13.8. The Morgan fingerprint density at radius 1 is 1.06 bits per heavy atom. The largest absolute Gasteiger partial charge is 0.354 e. The van der Waals surface area contributed by atoms with Crippen LogP contribution < -0.4 is 10.6 Å². The molecule has 174 valence electrons. The van der Waals surface area contributed by atoms with E-state index in [2.05, 4.69) is 27.5 Å². The van der Waals surface area contributed by atoms with Crippen LogP contribution in [0.15, 0.2) is 79.0 Å². The lowest BCUT2D eigenvalue weighted by molar-refractivity contribution is -0.384. The van der Waals surface area contributed by atoms with Gasteiger partial charge in [0.2, 0.25) is 0 Å². The molecule has 5 rings (SSSR count). The maximum atomic E-state index is 13.0. The van der Waals surface area contributed by atoms with Crippen molar-refractivity contribution in [2.45, 2.75) is 19.8 Å². The molecule has 0 fully saturated rings. The summed E-state index contributed by atoms with van der Waals surface area (Å²) in [6.45, 7) is 2.11. The van der Waals surface area contributed by atoms with Gasteiger partial charge in [0, 0.05) is 47.3 Å². The second-order valence-corrected chi connectivity index (χ2v) is 8.24. The van der Waals surface area contributed by atoms with E-state index in [0.717, 1.165) is 41.2 Å². The van der Waals surface area contributed by atoms with Crippen molar-refractivity contribution in [1.82, 2.24) is 9.97 Å². The molecule has 2 heterocycles. The van der Waals surface area contributed by atoms with Crippen LogP contribution in [0.3, 0.4) is 0 Å². The molecule has 8 heteroatoms. The highest BCUT2D eigenvalue weighted by molar-refractivity contribution is 6.37. The number of fused-ring (bicyclic) bond motifs is 1. The lowest BCUT2D eigenvalue weighted by Crippen LogP contribution is -2.10. The number of non-ortho nitro benzene ring substituents is 1. The van der Waals surface area contributed by atoms with Crippen LogP contribution in [0.1, 0.15) is 30.3 Å². The van der Waals surface area contributed by atoms with Gasteiger partial charge in [-0.15, -0.1) is 0 Å². The van der Waals surface area contributed by atoms with E-state index in [9.17, 15) is 14.9 Å². The van der Waals surface area contributed by atoms with Crippen LogP contribution in [0.5, 0.6) is 0 Å². The minimum absolute atomic E-state index is 0.0732. The zero-order valence-electron chi connectivity index (χ0n) is 19.0. The molecule has 1 aliphatic heterocycles. The summed E-state index contributed by atoms with van der Waals surface area (Å²) in [6.07, 6.45) is 3.82. The Hall–Kier alpha value is -4.72. The summed E-state index contributed by atoms with van der Waals surface area (Å²) in [5.74, 6) is 0.643. The first-order valence-corrected chi connectivity index (χ1v) is 11.3. The Morgan fingerprint density at radius 2 is 1.83 bits per heavy atom. The molecule has 0 atom stereocenters. The topological polar surface area (TPSA) is 113 Å². The van der Waals surface area contributed by atoms with Gasteiger partial charge in [-0.3, -0.25) is 14.9 Å². The van der Waals surface area contributed by atoms with Crippen LogP contribution in [0.4, 0.5) is 17.1 Å². The van der Waals surface area contributed by atoms with Gasteiger partial charge in [0.1, 0.15) is 5.82 Å². The molecule has 1 amide bonds. The Labute approximate surface area is 201 Å². The Kier molecular flexibility index (Phi) is 5.85. The molecular formula is C27H23N5O3. The van der Waals surface area contributed by atoms with Gasteiger partial charge in [-0.25, -0.2) is 4.98 Å². The number of aryl methyl sites for hydroxylation is 1. The molecule has 3 aromatic carbocycles. The highest BCUT2D eigenvalue weighted by Gasteiger charge is 2.30. The number of hydrogen-bond donors (Lipinski definition) is 3. The number of anilines is 2. The van der Waals surface area contributed by atoms with Crippen LogP contribution in [-0.4, -0.2) is 20.8 Å². The van der Waals surface area contributed by atoms with E-state index in [1.54, 1.807) is 6.07 Å². The molecule has 3 N–H and O–H groups in total. The van der Waals surface area contributed by atoms with Crippen molar-refractivity contribution in [3.8, 4) is 11.3 Å². The van der Waals surface area contributed by atoms with E-state index in [0.29, 0.717) is 22.5 Å². The van der Waals surface area contributed by atoms with Crippen LogP contribution in [0, 0.1) is 10.1 Å². The van der Waals surface area contributed by atoms with E-state index < -0.39 is 4.92 Å². The third-order valence-corrected chi connectivity index (χ3v) is 5.84. The maximum absolute atomic E-state index is 13.0. The third kappa shape index (κ3) is 4.41. The molecule has 1 aromatic heterocycles. The van der Waals surface area contributed by atoms with Gasteiger partial charge in [-0.1, -0.05) is 49.4 Å². The lowest BCUT2D eigenvalue weighted by atomic mass is 9.99. The quantitative estimate of drug-likeness (QED) is 0.179. The van der Waals surface area contributed by atoms with E-state index in [-0.39, 0.29) is 11.6 Å². The van der Waals surface area contributed by atoms with Crippen molar-refractivity contribution in [2.24, 2.45) is 0 Å². The number of rotatable bonds is 7. The van der Waals surface area contributed by atoms with Gasteiger partial charge in [0.15, 0.2) is 0 Å². The average Bonchev–Trinajstić information content (AvgIpc) is 3.47. The van der Waals surface area contributed by atoms with Crippen molar-refractivity contribution in [3.05, 3.63) is 106 Å². The molecule has 8 nitrogen and oxygen atoms in total. The number of nitrogens with zero attached hydrogens (tertiary/aromatic N) is 2. The van der Waals surface area contributed by atoms with Gasteiger partial charge in [0.25, 0.3) is 11.6 Å². The Balaban J connectivity index is 1.55. The SMILES string of the molecule is CCCc1nc(-c2ccc(NC(=C3C(=O)Nc4ccc([N+](=O)[O-])cc43)c3ccccc3)cc2)c[nH]1. The minimum atomic E-state index is -0.462. The van der Waals surface area contributed by atoms with Crippen LogP contribution >= 0.6 is 0 Å². The van der Waals surface area contributed by atoms with Crippen LogP contribution in [-0.2, 0) is 11.2 Å². The molecule has 4 aromatic rings. The second kappa shape index (κ2) is 9.26. The maximum Gasteiger partial charge on any atom is 0.270 e. The molecular weight excluding hydrogens is 442 g/mol. The predicted octanol–water partition coefficient (Wildman–Crippen LogP) is 5.87. The number of nitro benzene ring substituents is 1. The van der Waals surface area contributed by atoms with E-state index in [4.69, 9.17) is 0 Å². The fourth-order valence-electron chi connectivity index (χ4n) is 4.14. The number of amides is 1. The van der Waals surface area contributed by atoms with Crippen molar-refractivity contribution in [1.29, 1.82) is 0 Å². The number of H-pyrrole nitrogens is 1. The molecule has 0 spiro atoms. The summed E-state index contributed by atoms with van der Waals surface area (Å²) in [7, 11) is 0. The summed E-state index contributed by atoms with van der Waals surface area (Å²) < 4.78 is 0. The number of aromatic amines is 1. The van der Waals surface area contributed by atoms with Crippen LogP contribution in [0.25, 0.3) is 22.5 Å². The highest BCUT2D eigenvalue weighted by atomic mass is 16.6. The fourth-order valence-corrected chi connectivity index (χ4v) is 4.14. The summed E-state index contributed by atoms with van der Waals surface area (Å²) >= 11 is 0. The van der Waals surface area contributed by atoms with Gasteiger partial charge in [-0.05, 0) is 30.2 Å². The van der Waals surface area contributed by atoms with Gasteiger partial charge in [0.05, 0.1) is 21.9 Å². The van der Waals surface area contributed by atoms with Crippen molar-refractivity contribution >= 4 is 34.2 Å². The fraction of sp³-hybridized carbons (Fsp3) is 0.111. The standard InChI is InChI=1S/C27H23N5O3/c1-2-6-24-28-16-23(30-24)17-9-11-19(12-10-17)29-26(18-7-4-3-5-8-18)25-21-15-20(32(34)35)13-14-22(21)31-27(25)33/h3-5,7-16,29H,2,6H2,1H3,(H,28,30)(H,31,33). The van der Waals surface area contributed by atoms with E-state index in [1.165, 1.54) is 12.1 Å². The lowest BCUT2D eigenvalue weighted by Gasteiger charge is -2.15. The van der Waals surface area contributed by atoms with Gasteiger partial charge < -0.3 is 15.6 Å². The number of nitrogens with one attached hydrogen (secondary N) is 3. The Bertz CT molecular complexity index is 1440. The first kappa shape index (κ1) is 22.1. The molecule has 0 radical (unpaired) electrons. The minimum Gasteiger partial charge on any atom is -0.354 e. The number of hydrogen-bond acceptors (Lipinski definition) is 5. The smallest absolute Gasteiger partial charge is 0.270 e. The number of carbonyl (C=O) groups is 1. The number of carbonyl (C=O) groups excluding carboxylic acids is 1. The number of nitro groups is 1. The van der Waals surface area contributed by atoms with Gasteiger partial charge >= 0.3 is 0 Å². The van der Waals surface area contributed by atoms with Crippen LogP contribution in [0.2, 0.25) is 0 Å². The molecule has 0 unspecified atom stereocenters. The third-order valence-electron chi connectivity index (χ3n) is 5.84. The zero-order valence-corrected chi connectivity index (χ0v) is 19.0. The Morgan fingerprint density at radius 3 is 2.54 bits per heavy atom. The molecule has 0 saturated carbocycles. The first-order chi connectivity index (χ1) is 17.0. The predicted molar refractivity (Wildman–Crippen MR) is 137 cm³/mol. The molecule has 1 aliphatic rings. The monoisotopic (exact) mass is 465 g/mol. The molecule has 0 bridgehead atoms.